The quantitative estimate of drug-likeness (QED) is 0.427. The fraction of sp³-hybridized carbons (Fsp3) is 0.600. The number of aryl methyl sites for hydroxylation is 1. The van der Waals surface area contributed by atoms with Gasteiger partial charge in [0.2, 0.25) is 0 Å². The molecular formula is C10H14N2O7. The zero-order chi connectivity index (χ0) is 14.3. The highest BCUT2D eigenvalue weighted by Gasteiger charge is 2.44. The summed E-state index contributed by atoms with van der Waals surface area (Å²) in [6.45, 7) is 0.874. The predicted molar refractivity (Wildman–Crippen MR) is 59.9 cm³/mol. The molecule has 0 radical (unpaired) electrons. The van der Waals surface area contributed by atoms with Gasteiger partial charge in [-0.2, -0.15) is 0 Å². The number of rotatable bonds is 2. The van der Waals surface area contributed by atoms with Crippen LogP contribution in [0.2, 0.25) is 0 Å². The lowest BCUT2D eigenvalue weighted by molar-refractivity contribution is -0.0588. The Balaban J connectivity index is 2.52. The fourth-order valence-corrected chi connectivity index (χ4v) is 2.06. The van der Waals surface area contributed by atoms with E-state index in [9.17, 15) is 25.0 Å². The van der Waals surface area contributed by atoms with E-state index in [1.54, 1.807) is 0 Å². The number of aliphatic hydroxyl groups is 3. The van der Waals surface area contributed by atoms with Crippen LogP contribution in [0.25, 0.3) is 0 Å². The van der Waals surface area contributed by atoms with Crippen molar-refractivity contribution < 1.29 is 25.3 Å². The van der Waals surface area contributed by atoms with E-state index in [0.717, 1.165) is 10.6 Å². The Kier molecular flexibility index (Phi) is 3.45. The molecule has 1 fully saturated rings. The lowest BCUT2D eigenvalue weighted by Crippen LogP contribution is -2.43. The van der Waals surface area contributed by atoms with Crippen LogP contribution in [0.5, 0.6) is 0 Å². The van der Waals surface area contributed by atoms with Gasteiger partial charge in [-0.15, -0.1) is 0 Å². The molecule has 106 valence electrons. The van der Waals surface area contributed by atoms with E-state index in [0.29, 0.717) is 0 Å². The minimum Gasteiger partial charge on any atom is -0.421 e. The van der Waals surface area contributed by atoms with E-state index < -0.39 is 42.4 Å². The summed E-state index contributed by atoms with van der Waals surface area (Å²) in [7, 11) is 0. The molecule has 1 aliphatic rings. The Morgan fingerprint density at radius 3 is 2.47 bits per heavy atom. The third-order valence-corrected chi connectivity index (χ3v) is 3.08. The molecular weight excluding hydrogens is 260 g/mol. The number of hydrogen-bond acceptors (Lipinski definition) is 7. The lowest BCUT2D eigenvalue weighted by Gasteiger charge is -2.19. The first-order chi connectivity index (χ1) is 8.88. The van der Waals surface area contributed by atoms with Crippen molar-refractivity contribution in [3.63, 3.8) is 0 Å². The summed E-state index contributed by atoms with van der Waals surface area (Å²) in [4.78, 5) is 23.0. The Labute approximate surface area is 106 Å². The van der Waals surface area contributed by atoms with Gasteiger partial charge in [-0.3, -0.25) is 9.36 Å². The minimum atomic E-state index is -1.47. The summed E-state index contributed by atoms with van der Waals surface area (Å²) in [5, 5.41) is 37.7. The molecule has 0 saturated carbocycles. The van der Waals surface area contributed by atoms with Crippen LogP contribution in [0.3, 0.4) is 0 Å². The van der Waals surface area contributed by atoms with Gasteiger partial charge in [0.15, 0.2) is 6.23 Å². The summed E-state index contributed by atoms with van der Waals surface area (Å²) in [6, 6.07) is 0.982. The SMILES string of the molecule is Cc1cc(=O)n(O)c(=O)n1[C@@H]1O[C@H](CO)[C@@H](O)[C@H]1O. The number of ether oxygens (including phenoxy) is 1. The Hall–Kier alpha value is -1.68. The van der Waals surface area contributed by atoms with Crippen LogP contribution in [-0.4, -0.2) is 54.7 Å². The summed E-state index contributed by atoms with van der Waals surface area (Å²) in [5.41, 5.74) is -1.86. The zero-order valence-electron chi connectivity index (χ0n) is 10.0. The first-order valence-electron chi connectivity index (χ1n) is 5.55. The van der Waals surface area contributed by atoms with E-state index >= 15 is 0 Å². The molecule has 2 heterocycles. The van der Waals surface area contributed by atoms with Crippen LogP contribution >= 0.6 is 0 Å². The van der Waals surface area contributed by atoms with Gasteiger partial charge in [0.25, 0.3) is 5.56 Å². The van der Waals surface area contributed by atoms with Gasteiger partial charge in [-0.05, 0) is 6.92 Å². The maximum Gasteiger partial charge on any atom is 0.366 e. The molecule has 9 heteroatoms. The number of aliphatic hydroxyl groups excluding tert-OH is 3. The van der Waals surface area contributed by atoms with Gasteiger partial charge in [0.1, 0.15) is 18.3 Å². The molecule has 0 amide bonds. The lowest BCUT2D eigenvalue weighted by atomic mass is 10.1. The first-order valence-corrected chi connectivity index (χ1v) is 5.55. The van der Waals surface area contributed by atoms with Crippen molar-refractivity contribution in [3.05, 3.63) is 32.6 Å². The van der Waals surface area contributed by atoms with Crippen LogP contribution in [-0.2, 0) is 4.74 Å². The summed E-state index contributed by atoms with van der Waals surface area (Å²) in [6.07, 6.45) is -5.18. The Morgan fingerprint density at radius 1 is 1.32 bits per heavy atom. The molecule has 0 aromatic carbocycles. The van der Waals surface area contributed by atoms with Crippen molar-refractivity contribution in [2.24, 2.45) is 0 Å². The van der Waals surface area contributed by atoms with Gasteiger partial charge >= 0.3 is 5.69 Å². The maximum atomic E-state index is 11.8. The van der Waals surface area contributed by atoms with Crippen LogP contribution in [0.15, 0.2) is 15.7 Å². The number of aromatic nitrogens is 2. The third-order valence-electron chi connectivity index (χ3n) is 3.08. The highest BCUT2D eigenvalue weighted by Crippen LogP contribution is 2.28. The average molecular weight is 274 g/mol. The predicted octanol–water partition coefficient (Wildman–Crippen LogP) is -2.83. The van der Waals surface area contributed by atoms with Crippen molar-refractivity contribution in [2.45, 2.75) is 31.5 Å². The normalized spacial score (nSPS) is 30.7. The van der Waals surface area contributed by atoms with E-state index in [2.05, 4.69) is 0 Å². The van der Waals surface area contributed by atoms with Gasteiger partial charge in [-0.25, -0.2) is 4.79 Å². The van der Waals surface area contributed by atoms with E-state index in [1.807, 2.05) is 0 Å². The summed E-state index contributed by atoms with van der Waals surface area (Å²) >= 11 is 0. The van der Waals surface area contributed by atoms with Crippen molar-refractivity contribution in [3.8, 4) is 0 Å². The van der Waals surface area contributed by atoms with E-state index in [-0.39, 0.29) is 10.4 Å². The molecule has 2 rings (SSSR count). The molecule has 0 bridgehead atoms. The molecule has 0 spiro atoms. The molecule has 4 N–H and O–H groups in total. The van der Waals surface area contributed by atoms with Crippen LogP contribution in [0.1, 0.15) is 11.9 Å². The van der Waals surface area contributed by atoms with E-state index in [1.165, 1.54) is 6.92 Å². The highest BCUT2D eigenvalue weighted by atomic mass is 16.6. The van der Waals surface area contributed by atoms with Gasteiger partial charge in [-0.1, -0.05) is 4.73 Å². The molecule has 1 aromatic rings. The number of hydrogen-bond donors (Lipinski definition) is 4. The van der Waals surface area contributed by atoms with Crippen molar-refractivity contribution in [1.29, 1.82) is 0 Å². The van der Waals surface area contributed by atoms with Crippen molar-refractivity contribution in [2.75, 3.05) is 6.61 Å². The standard InChI is InChI=1S/C10H14N2O7/c1-4-2-6(14)12(18)10(17)11(4)9-8(16)7(15)5(3-13)19-9/h2,5,7-9,13,15-16,18H,3H2,1H3/t5-,7-,8-,9-/m1/s1. The molecule has 4 atom stereocenters. The van der Waals surface area contributed by atoms with Crippen LogP contribution in [0, 0.1) is 6.92 Å². The fourth-order valence-electron chi connectivity index (χ4n) is 2.06. The van der Waals surface area contributed by atoms with Gasteiger partial charge in [0.05, 0.1) is 6.61 Å². The second-order valence-corrected chi connectivity index (χ2v) is 4.32. The molecule has 19 heavy (non-hydrogen) atoms. The second-order valence-electron chi connectivity index (χ2n) is 4.32. The smallest absolute Gasteiger partial charge is 0.366 e. The zero-order valence-corrected chi connectivity index (χ0v) is 10.0. The number of nitrogens with zero attached hydrogens (tertiary/aromatic N) is 2. The highest BCUT2D eigenvalue weighted by molar-refractivity contribution is 5.03. The molecule has 1 saturated heterocycles. The van der Waals surface area contributed by atoms with Crippen molar-refractivity contribution >= 4 is 0 Å². The molecule has 9 nitrogen and oxygen atoms in total. The first kappa shape index (κ1) is 13.7. The Bertz CT molecular complexity index is 593. The topological polar surface area (TPSA) is 134 Å². The summed E-state index contributed by atoms with van der Waals surface area (Å²) in [5.74, 6) is 0. The van der Waals surface area contributed by atoms with Gasteiger partial charge < -0.3 is 25.3 Å². The monoisotopic (exact) mass is 274 g/mol. The van der Waals surface area contributed by atoms with Crippen LogP contribution in [0.4, 0.5) is 0 Å². The minimum absolute atomic E-state index is 0.123. The van der Waals surface area contributed by atoms with Crippen LogP contribution < -0.4 is 11.2 Å². The largest absolute Gasteiger partial charge is 0.421 e. The summed E-state index contributed by atoms with van der Waals surface area (Å²) < 4.78 is 5.88. The third kappa shape index (κ3) is 2.06. The molecule has 0 unspecified atom stereocenters. The molecule has 1 aliphatic heterocycles. The molecule has 0 aliphatic carbocycles. The van der Waals surface area contributed by atoms with Crippen molar-refractivity contribution in [1.82, 2.24) is 9.30 Å². The Morgan fingerprint density at radius 2 is 1.95 bits per heavy atom. The van der Waals surface area contributed by atoms with Gasteiger partial charge in [0, 0.05) is 11.8 Å². The second kappa shape index (κ2) is 4.78. The molecule has 1 aromatic heterocycles. The maximum absolute atomic E-state index is 11.8. The average Bonchev–Trinajstić information content (AvgIpc) is 2.64. The van der Waals surface area contributed by atoms with E-state index in [4.69, 9.17) is 9.84 Å².